The van der Waals surface area contributed by atoms with E-state index >= 15 is 0 Å². The van der Waals surface area contributed by atoms with Gasteiger partial charge in [-0.05, 0) is 63.7 Å². The van der Waals surface area contributed by atoms with E-state index in [-0.39, 0.29) is 22.3 Å². The first kappa shape index (κ1) is 19.9. The SMILES string of the molecule is CC[C@H](C)n1c(O)c(C=Nc2ccc(N(CC)CC)cc2)c(=O)[nH]c1=S. The molecule has 0 radical (unpaired) electrons. The summed E-state index contributed by atoms with van der Waals surface area (Å²) in [7, 11) is 0. The first-order valence-electron chi connectivity index (χ1n) is 8.89. The Hall–Kier alpha value is -2.41. The lowest BCUT2D eigenvalue weighted by molar-refractivity contribution is 0.371. The van der Waals surface area contributed by atoms with Gasteiger partial charge in [0, 0.05) is 31.0 Å². The maximum absolute atomic E-state index is 12.2. The van der Waals surface area contributed by atoms with Gasteiger partial charge in [-0.25, -0.2) is 0 Å². The van der Waals surface area contributed by atoms with E-state index in [9.17, 15) is 9.90 Å². The van der Waals surface area contributed by atoms with Gasteiger partial charge in [-0.1, -0.05) is 6.92 Å². The topological polar surface area (TPSA) is 73.6 Å². The summed E-state index contributed by atoms with van der Waals surface area (Å²) in [4.78, 5) is 21.3. The van der Waals surface area contributed by atoms with Crippen molar-refractivity contribution in [1.82, 2.24) is 9.55 Å². The number of nitrogens with one attached hydrogen (secondary N) is 1. The number of nitrogens with zero attached hydrogens (tertiary/aromatic N) is 3. The van der Waals surface area contributed by atoms with Gasteiger partial charge < -0.3 is 10.0 Å². The van der Waals surface area contributed by atoms with E-state index < -0.39 is 5.56 Å². The molecular weight excluding hydrogens is 348 g/mol. The fourth-order valence-electron chi connectivity index (χ4n) is 2.74. The first-order chi connectivity index (χ1) is 12.4. The first-order valence-corrected chi connectivity index (χ1v) is 9.30. The number of hydrogen-bond acceptors (Lipinski definition) is 5. The van der Waals surface area contributed by atoms with Crippen molar-refractivity contribution in [1.29, 1.82) is 0 Å². The molecule has 2 N–H and O–H groups in total. The van der Waals surface area contributed by atoms with Gasteiger partial charge >= 0.3 is 0 Å². The summed E-state index contributed by atoms with van der Waals surface area (Å²) in [6, 6.07) is 7.74. The highest BCUT2D eigenvalue weighted by Gasteiger charge is 2.14. The van der Waals surface area contributed by atoms with Crippen LogP contribution >= 0.6 is 12.2 Å². The molecule has 7 heteroatoms. The van der Waals surface area contributed by atoms with Gasteiger partial charge in [0.05, 0.1) is 5.69 Å². The molecule has 0 spiro atoms. The minimum Gasteiger partial charge on any atom is -0.494 e. The van der Waals surface area contributed by atoms with Gasteiger partial charge in [0.15, 0.2) is 4.77 Å². The molecule has 0 saturated carbocycles. The molecule has 1 heterocycles. The van der Waals surface area contributed by atoms with Crippen LogP contribution < -0.4 is 10.5 Å². The van der Waals surface area contributed by atoms with Crippen LogP contribution in [0.2, 0.25) is 0 Å². The number of aromatic nitrogens is 2. The third-order valence-corrected chi connectivity index (χ3v) is 4.80. The summed E-state index contributed by atoms with van der Waals surface area (Å²) in [5.41, 5.74) is 1.49. The summed E-state index contributed by atoms with van der Waals surface area (Å²) in [5.74, 6) is -0.156. The maximum Gasteiger partial charge on any atom is 0.264 e. The third kappa shape index (κ3) is 4.22. The fraction of sp³-hybridized carbons (Fsp3) is 0.421. The second-order valence-electron chi connectivity index (χ2n) is 6.07. The zero-order valence-electron chi connectivity index (χ0n) is 15.7. The Morgan fingerprint density at radius 3 is 2.42 bits per heavy atom. The van der Waals surface area contributed by atoms with E-state index in [1.165, 1.54) is 6.21 Å². The minimum absolute atomic E-state index is 0.0279. The van der Waals surface area contributed by atoms with Crippen LogP contribution in [0, 0.1) is 4.77 Å². The molecule has 1 aromatic carbocycles. The number of hydrogen-bond donors (Lipinski definition) is 2. The Kier molecular flexibility index (Phi) is 6.74. The highest BCUT2D eigenvalue weighted by atomic mass is 32.1. The van der Waals surface area contributed by atoms with Crippen LogP contribution in [0.1, 0.15) is 45.7 Å². The molecular formula is C19H26N4O2S. The average molecular weight is 375 g/mol. The van der Waals surface area contributed by atoms with Gasteiger partial charge in [0.25, 0.3) is 5.56 Å². The summed E-state index contributed by atoms with van der Waals surface area (Å²) < 4.78 is 1.75. The van der Waals surface area contributed by atoms with Crippen LogP contribution in [0.15, 0.2) is 34.1 Å². The Balaban J connectivity index is 2.36. The minimum atomic E-state index is -0.449. The van der Waals surface area contributed by atoms with E-state index in [2.05, 4.69) is 28.7 Å². The molecule has 0 aliphatic rings. The van der Waals surface area contributed by atoms with Crippen LogP contribution in [0.4, 0.5) is 11.4 Å². The molecule has 0 aliphatic heterocycles. The number of benzene rings is 1. The second-order valence-corrected chi connectivity index (χ2v) is 6.46. The van der Waals surface area contributed by atoms with E-state index in [0.29, 0.717) is 5.69 Å². The van der Waals surface area contributed by atoms with Crippen molar-refractivity contribution in [3.05, 3.63) is 45.0 Å². The molecule has 0 fully saturated rings. The quantitative estimate of drug-likeness (QED) is 0.563. The zero-order chi connectivity index (χ0) is 19.3. The Labute approximate surface area is 158 Å². The molecule has 1 aromatic heterocycles. The molecule has 0 amide bonds. The monoisotopic (exact) mass is 374 g/mol. The standard InChI is InChI=1S/C19H26N4O2S/c1-5-13(4)23-18(25)16(17(24)21-19(23)26)12-20-14-8-10-15(11-9-14)22(6-2)7-3/h8-13,25H,5-7H2,1-4H3,(H,21,24,26)/t13-/m0/s1. The van der Waals surface area contributed by atoms with Crippen molar-refractivity contribution in [3.8, 4) is 5.88 Å². The zero-order valence-corrected chi connectivity index (χ0v) is 16.5. The van der Waals surface area contributed by atoms with Crippen LogP contribution in [-0.4, -0.2) is 34.0 Å². The van der Waals surface area contributed by atoms with Crippen molar-refractivity contribution in [3.63, 3.8) is 0 Å². The number of aromatic amines is 1. The van der Waals surface area contributed by atoms with Gasteiger partial charge in [-0.3, -0.25) is 19.3 Å². The lowest BCUT2D eigenvalue weighted by Crippen LogP contribution is -2.21. The molecule has 0 unspecified atom stereocenters. The molecule has 2 aromatic rings. The van der Waals surface area contributed by atoms with Crippen LogP contribution in [0.25, 0.3) is 0 Å². The Morgan fingerprint density at radius 2 is 1.88 bits per heavy atom. The second kappa shape index (κ2) is 8.80. The van der Waals surface area contributed by atoms with Gasteiger partial charge in [-0.2, -0.15) is 0 Å². The molecule has 6 nitrogen and oxygen atoms in total. The van der Waals surface area contributed by atoms with Crippen LogP contribution in [0.3, 0.4) is 0 Å². The van der Waals surface area contributed by atoms with Gasteiger partial charge in [-0.15, -0.1) is 0 Å². The van der Waals surface area contributed by atoms with Crippen molar-refractivity contribution >= 4 is 29.8 Å². The summed E-state index contributed by atoms with van der Waals surface area (Å²) in [5, 5.41) is 10.5. The summed E-state index contributed by atoms with van der Waals surface area (Å²) >= 11 is 5.17. The highest BCUT2D eigenvalue weighted by molar-refractivity contribution is 7.71. The van der Waals surface area contributed by atoms with E-state index in [1.807, 2.05) is 38.1 Å². The molecule has 0 saturated heterocycles. The smallest absolute Gasteiger partial charge is 0.264 e. The van der Waals surface area contributed by atoms with E-state index in [4.69, 9.17) is 12.2 Å². The molecule has 1 atom stereocenters. The highest BCUT2D eigenvalue weighted by Crippen LogP contribution is 2.22. The van der Waals surface area contributed by atoms with Crippen molar-refractivity contribution in [2.24, 2.45) is 4.99 Å². The number of aliphatic imine (C=N–C) groups is 1. The molecule has 26 heavy (non-hydrogen) atoms. The van der Waals surface area contributed by atoms with Crippen molar-refractivity contribution < 1.29 is 5.11 Å². The van der Waals surface area contributed by atoms with Crippen molar-refractivity contribution in [2.45, 2.75) is 40.2 Å². The number of anilines is 1. The lowest BCUT2D eigenvalue weighted by Gasteiger charge is -2.20. The predicted molar refractivity (Wildman–Crippen MR) is 110 cm³/mol. The fourth-order valence-corrected chi connectivity index (χ4v) is 3.10. The molecule has 2 rings (SSSR count). The predicted octanol–water partition coefficient (Wildman–Crippen LogP) is 4.18. The van der Waals surface area contributed by atoms with E-state index in [0.717, 1.165) is 25.2 Å². The number of aromatic hydroxyl groups is 1. The lowest BCUT2D eigenvalue weighted by atomic mass is 10.2. The van der Waals surface area contributed by atoms with Gasteiger partial charge in [0.2, 0.25) is 5.88 Å². The average Bonchev–Trinajstić information content (AvgIpc) is 2.63. The summed E-state index contributed by atoms with van der Waals surface area (Å²) in [6.07, 6.45) is 2.16. The Morgan fingerprint density at radius 1 is 1.27 bits per heavy atom. The van der Waals surface area contributed by atoms with Crippen LogP contribution in [-0.2, 0) is 0 Å². The maximum atomic E-state index is 12.2. The number of rotatable bonds is 7. The Bertz CT molecular complexity index is 880. The molecule has 0 aliphatic carbocycles. The van der Waals surface area contributed by atoms with E-state index in [1.54, 1.807) is 4.57 Å². The molecule has 0 bridgehead atoms. The van der Waals surface area contributed by atoms with Crippen molar-refractivity contribution in [2.75, 3.05) is 18.0 Å². The largest absolute Gasteiger partial charge is 0.494 e. The third-order valence-electron chi connectivity index (χ3n) is 4.51. The molecule has 140 valence electrons. The van der Waals surface area contributed by atoms with Gasteiger partial charge in [0.1, 0.15) is 5.56 Å². The number of H-pyrrole nitrogens is 1. The summed E-state index contributed by atoms with van der Waals surface area (Å²) in [6.45, 7) is 10.0. The van der Waals surface area contributed by atoms with Crippen LogP contribution in [0.5, 0.6) is 5.88 Å². The normalized spacial score (nSPS) is 12.5.